The van der Waals surface area contributed by atoms with E-state index in [9.17, 15) is 19.5 Å². The first-order valence-electron chi connectivity index (χ1n) is 5.41. The minimum absolute atomic E-state index is 0.00780. The van der Waals surface area contributed by atoms with Crippen molar-refractivity contribution in [1.82, 2.24) is 5.32 Å². The molecule has 0 bridgehead atoms. The van der Waals surface area contributed by atoms with Gasteiger partial charge >= 0.3 is 11.9 Å². The summed E-state index contributed by atoms with van der Waals surface area (Å²) in [4.78, 5) is 32.2. The highest BCUT2D eigenvalue weighted by Crippen LogP contribution is 2.08. The summed E-state index contributed by atoms with van der Waals surface area (Å²) in [6.07, 6.45) is -1.27. The molecule has 18 heavy (non-hydrogen) atoms. The fourth-order valence-corrected chi connectivity index (χ4v) is 1.84. The summed E-state index contributed by atoms with van der Waals surface area (Å²) in [5, 5.41) is 28.9. The second-order valence-electron chi connectivity index (χ2n) is 3.54. The van der Waals surface area contributed by atoms with Crippen LogP contribution in [0.25, 0.3) is 0 Å². The number of carbonyl (C=O) groups is 3. The van der Waals surface area contributed by atoms with Gasteiger partial charge in [0.1, 0.15) is 12.3 Å². The van der Waals surface area contributed by atoms with Crippen LogP contribution < -0.4 is 5.32 Å². The fourth-order valence-electron chi connectivity index (χ4n) is 1.04. The van der Waals surface area contributed by atoms with Gasteiger partial charge in [-0.1, -0.05) is 18.7 Å². The first kappa shape index (κ1) is 16.9. The van der Waals surface area contributed by atoms with Crippen LogP contribution in [0.5, 0.6) is 0 Å². The van der Waals surface area contributed by atoms with Crippen molar-refractivity contribution in [3.05, 3.63) is 0 Å². The highest BCUT2D eigenvalue weighted by atomic mass is 32.2. The summed E-state index contributed by atoms with van der Waals surface area (Å²) < 4.78 is 0. The van der Waals surface area contributed by atoms with Crippen LogP contribution in [-0.4, -0.2) is 50.4 Å². The predicted molar refractivity (Wildman–Crippen MR) is 65.2 cm³/mol. The van der Waals surface area contributed by atoms with Crippen molar-refractivity contribution in [2.75, 3.05) is 5.75 Å². The van der Waals surface area contributed by atoms with E-state index in [-0.39, 0.29) is 23.7 Å². The summed E-state index contributed by atoms with van der Waals surface area (Å²) in [5.74, 6) is -2.27. The lowest BCUT2D eigenvalue weighted by Gasteiger charge is -2.18. The van der Waals surface area contributed by atoms with Gasteiger partial charge in [0.2, 0.25) is 0 Å². The average molecular weight is 279 g/mol. The molecule has 0 aromatic carbocycles. The molecule has 0 aliphatic rings. The van der Waals surface area contributed by atoms with Crippen LogP contribution in [0.3, 0.4) is 0 Å². The molecule has 0 aliphatic heterocycles. The summed E-state index contributed by atoms with van der Waals surface area (Å²) >= 11 is 0.870. The first-order chi connectivity index (χ1) is 8.36. The summed E-state index contributed by atoms with van der Waals surface area (Å²) in [7, 11) is 0. The van der Waals surface area contributed by atoms with E-state index in [0.717, 1.165) is 11.8 Å². The van der Waals surface area contributed by atoms with Crippen LogP contribution >= 0.6 is 11.8 Å². The number of carbonyl (C=O) groups excluding carboxylic acids is 1. The van der Waals surface area contributed by atoms with E-state index in [0.29, 0.717) is 6.42 Å². The van der Waals surface area contributed by atoms with E-state index in [2.05, 4.69) is 5.32 Å². The Morgan fingerprint density at radius 3 is 2.33 bits per heavy atom. The lowest BCUT2D eigenvalue weighted by molar-refractivity contribution is -0.139. The third-order valence-corrected chi connectivity index (χ3v) is 3.13. The molecule has 0 spiro atoms. The van der Waals surface area contributed by atoms with Crippen LogP contribution in [0.1, 0.15) is 26.2 Å². The lowest BCUT2D eigenvalue weighted by atomic mass is 10.2. The lowest BCUT2D eigenvalue weighted by Crippen LogP contribution is -2.45. The maximum absolute atomic E-state index is 11.0. The van der Waals surface area contributed by atoms with E-state index < -0.39 is 24.2 Å². The van der Waals surface area contributed by atoms with E-state index in [1.807, 2.05) is 0 Å². The van der Waals surface area contributed by atoms with Gasteiger partial charge in [-0.05, 0) is 6.42 Å². The Hall–Kier alpha value is -1.12. The Labute approximate surface area is 109 Å². The van der Waals surface area contributed by atoms with Crippen molar-refractivity contribution in [1.29, 1.82) is 0 Å². The zero-order chi connectivity index (χ0) is 14.1. The number of aliphatic carboxylic acids is 2. The minimum atomic E-state index is -1.22. The van der Waals surface area contributed by atoms with Crippen molar-refractivity contribution in [2.24, 2.45) is 0 Å². The van der Waals surface area contributed by atoms with Crippen LogP contribution in [0, 0.1) is 0 Å². The van der Waals surface area contributed by atoms with Crippen molar-refractivity contribution in [2.45, 2.75) is 38.5 Å². The smallest absolute Gasteiger partial charge is 0.321 e. The Balaban J connectivity index is 4.14. The SMILES string of the molecule is CCC(=O)SC[C@H](N[C@H](O)CCC(=O)O)C(=O)O. The van der Waals surface area contributed by atoms with Gasteiger partial charge in [-0.15, -0.1) is 0 Å². The van der Waals surface area contributed by atoms with Crippen molar-refractivity contribution < 1.29 is 29.7 Å². The summed E-state index contributed by atoms with van der Waals surface area (Å²) in [6, 6.07) is -1.09. The Morgan fingerprint density at radius 2 is 1.89 bits per heavy atom. The molecule has 7 nitrogen and oxygen atoms in total. The van der Waals surface area contributed by atoms with Crippen LogP contribution in [-0.2, 0) is 14.4 Å². The monoisotopic (exact) mass is 279 g/mol. The topological polar surface area (TPSA) is 124 Å². The number of aliphatic hydroxyl groups is 1. The van der Waals surface area contributed by atoms with Crippen LogP contribution in [0.15, 0.2) is 0 Å². The van der Waals surface area contributed by atoms with Gasteiger partial charge in [-0.3, -0.25) is 19.7 Å². The molecule has 0 aliphatic carbocycles. The number of hydrogen-bond acceptors (Lipinski definition) is 6. The molecular weight excluding hydrogens is 262 g/mol. The van der Waals surface area contributed by atoms with Crippen molar-refractivity contribution in [3.63, 3.8) is 0 Å². The molecule has 2 atom stereocenters. The molecule has 4 N–H and O–H groups in total. The van der Waals surface area contributed by atoms with Gasteiger partial charge in [-0.2, -0.15) is 0 Å². The van der Waals surface area contributed by atoms with Gasteiger partial charge in [0.15, 0.2) is 5.12 Å². The van der Waals surface area contributed by atoms with Gasteiger partial charge in [0.05, 0.1) is 0 Å². The molecule has 0 unspecified atom stereocenters. The number of nitrogens with one attached hydrogen (secondary N) is 1. The molecule has 0 aromatic heterocycles. The molecule has 8 heteroatoms. The third kappa shape index (κ3) is 8.04. The zero-order valence-corrected chi connectivity index (χ0v) is 10.8. The van der Waals surface area contributed by atoms with Crippen molar-refractivity contribution in [3.8, 4) is 0 Å². The largest absolute Gasteiger partial charge is 0.481 e. The quantitative estimate of drug-likeness (QED) is 0.431. The maximum atomic E-state index is 11.0. The highest BCUT2D eigenvalue weighted by Gasteiger charge is 2.21. The number of hydrogen-bond donors (Lipinski definition) is 4. The van der Waals surface area contributed by atoms with Gasteiger partial charge in [-0.25, -0.2) is 0 Å². The maximum Gasteiger partial charge on any atom is 0.321 e. The molecule has 0 fully saturated rings. The molecule has 0 saturated carbocycles. The average Bonchev–Trinajstić information content (AvgIpc) is 2.30. The summed E-state index contributed by atoms with van der Waals surface area (Å²) in [5.41, 5.74) is 0. The third-order valence-electron chi connectivity index (χ3n) is 2.02. The van der Waals surface area contributed by atoms with Crippen LogP contribution in [0.2, 0.25) is 0 Å². The first-order valence-corrected chi connectivity index (χ1v) is 6.39. The van der Waals surface area contributed by atoms with E-state index in [4.69, 9.17) is 10.2 Å². The predicted octanol–water partition coefficient (Wildman–Crippen LogP) is -0.118. The van der Waals surface area contributed by atoms with E-state index in [1.165, 1.54) is 0 Å². The normalized spacial score (nSPS) is 13.9. The molecule has 0 rings (SSSR count). The van der Waals surface area contributed by atoms with E-state index in [1.54, 1.807) is 6.92 Å². The van der Waals surface area contributed by atoms with Gasteiger partial charge < -0.3 is 15.3 Å². The zero-order valence-electron chi connectivity index (χ0n) is 9.96. The standard InChI is InChI=1S/C10H17NO6S/c1-2-9(15)18-5-6(10(16)17)11-7(12)3-4-8(13)14/h6-7,11-12H,2-5H2,1H3,(H,13,14)(H,16,17)/t6-,7+/m0/s1. The molecule has 0 radical (unpaired) electrons. The Morgan fingerprint density at radius 1 is 1.28 bits per heavy atom. The molecule has 104 valence electrons. The molecule has 0 amide bonds. The number of carboxylic acids is 2. The van der Waals surface area contributed by atoms with E-state index >= 15 is 0 Å². The summed E-state index contributed by atoms with van der Waals surface area (Å²) in [6.45, 7) is 1.67. The van der Waals surface area contributed by atoms with Crippen LogP contribution in [0.4, 0.5) is 0 Å². The second kappa shape index (κ2) is 8.90. The number of rotatable bonds is 9. The Kier molecular flexibility index (Phi) is 8.34. The number of carboxylic acid groups (broad SMARTS) is 2. The van der Waals surface area contributed by atoms with Gasteiger partial charge in [0, 0.05) is 18.6 Å². The second-order valence-corrected chi connectivity index (χ2v) is 4.62. The van der Waals surface area contributed by atoms with Crippen molar-refractivity contribution >= 4 is 28.8 Å². The molecule has 0 heterocycles. The Bertz CT molecular complexity index is 309. The molecular formula is C10H17NO6S. The number of thioether (sulfide) groups is 1. The fraction of sp³-hybridized carbons (Fsp3) is 0.700. The van der Waals surface area contributed by atoms with Gasteiger partial charge in [0.25, 0.3) is 0 Å². The minimum Gasteiger partial charge on any atom is -0.481 e. The molecule has 0 aromatic rings. The highest BCUT2D eigenvalue weighted by molar-refractivity contribution is 8.13. The number of aliphatic hydroxyl groups excluding tert-OH is 1. The molecule has 0 saturated heterocycles.